The van der Waals surface area contributed by atoms with E-state index >= 15 is 0 Å². The fourth-order valence-electron chi connectivity index (χ4n) is 5.22. The largest absolute Gasteiger partial charge is 0.354 e. The Kier molecular flexibility index (Phi) is 7.84. The van der Waals surface area contributed by atoms with Gasteiger partial charge < -0.3 is 4.90 Å². The van der Waals surface area contributed by atoms with E-state index in [0.717, 1.165) is 54.7 Å². The van der Waals surface area contributed by atoms with Crippen molar-refractivity contribution in [1.82, 2.24) is 9.88 Å². The first-order valence-corrected chi connectivity index (χ1v) is 13.9. The monoisotopic (exact) mass is 577 g/mol. The van der Waals surface area contributed by atoms with Crippen LogP contribution in [0.25, 0.3) is 11.3 Å². The summed E-state index contributed by atoms with van der Waals surface area (Å²) < 4.78 is 51.5. The second-order valence-electron chi connectivity index (χ2n) is 10.5. The van der Waals surface area contributed by atoms with Gasteiger partial charge in [0, 0.05) is 64.2 Å². The van der Waals surface area contributed by atoms with Crippen molar-refractivity contribution in [1.29, 1.82) is 0 Å². The average molecular weight is 579 g/mol. The first kappa shape index (κ1) is 28.4. The predicted molar refractivity (Wildman–Crippen MR) is 152 cm³/mol. The summed E-state index contributed by atoms with van der Waals surface area (Å²) in [5.74, 6) is -1.72. The summed E-state index contributed by atoms with van der Waals surface area (Å²) in [6, 6.07) is 9.75. The number of hydrogen-bond donors (Lipinski definition) is 2. The number of pyridine rings is 1. The molecule has 1 atom stereocenters. The van der Waals surface area contributed by atoms with Crippen molar-refractivity contribution in [3.63, 3.8) is 0 Å². The molecule has 0 amide bonds. The quantitative estimate of drug-likeness (QED) is 0.441. The van der Waals surface area contributed by atoms with Gasteiger partial charge in [-0.15, -0.1) is 24.8 Å². The van der Waals surface area contributed by atoms with E-state index < -0.39 is 22.8 Å². The van der Waals surface area contributed by atoms with Gasteiger partial charge in [-0.3, -0.25) is 22.6 Å². The Morgan fingerprint density at radius 2 is 1.68 bits per heavy atom. The minimum Gasteiger partial charge on any atom is -0.354 e. The molecule has 2 aliphatic heterocycles. The second kappa shape index (κ2) is 10.2. The van der Waals surface area contributed by atoms with Gasteiger partial charge in [0.2, 0.25) is 0 Å². The molecule has 2 aromatic rings. The van der Waals surface area contributed by atoms with Gasteiger partial charge in [0.15, 0.2) is 0 Å². The fourth-order valence-corrected chi connectivity index (χ4v) is 6.73. The van der Waals surface area contributed by atoms with E-state index in [-0.39, 0.29) is 37.8 Å². The first-order chi connectivity index (χ1) is 16.6. The van der Waals surface area contributed by atoms with Crippen LogP contribution in [0.2, 0.25) is 0 Å². The van der Waals surface area contributed by atoms with Gasteiger partial charge in [-0.2, -0.15) is 0 Å². The van der Waals surface area contributed by atoms with Crippen LogP contribution in [0.5, 0.6) is 0 Å². The Hall–Kier alpha value is -1.56. The Bertz CT molecular complexity index is 1150. The lowest BCUT2D eigenvalue weighted by Crippen LogP contribution is -2.47. The maximum Gasteiger partial charge on any atom is 0.253 e. The summed E-state index contributed by atoms with van der Waals surface area (Å²) in [5.41, 5.74) is 3.94. The van der Waals surface area contributed by atoms with Crippen molar-refractivity contribution >= 4 is 53.0 Å². The molecule has 2 aliphatic carbocycles. The molecule has 1 unspecified atom stereocenters. The van der Waals surface area contributed by atoms with Crippen LogP contribution in [0, 0.1) is 18.8 Å². The molecule has 206 valence electrons. The van der Waals surface area contributed by atoms with Gasteiger partial charge in [0.1, 0.15) is 5.82 Å². The van der Waals surface area contributed by atoms with Crippen LogP contribution < -0.4 is 13.5 Å². The topological polar surface area (TPSA) is 66.3 Å². The van der Waals surface area contributed by atoms with Crippen LogP contribution in [0.4, 0.5) is 26.0 Å². The normalized spacial score (nSPS) is 24.7. The third-order valence-corrected chi connectivity index (χ3v) is 9.72. The van der Waals surface area contributed by atoms with Gasteiger partial charge >= 0.3 is 0 Å². The number of aromatic nitrogens is 1. The van der Waals surface area contributed by atoms with Crippen LogP contribution in [0.15, 0.2) is 30.3 Å². The van der Waals surface area contributed by atoms with Gasteiger partial charge in [-0.1, -0.05) is 12.1 Å². The number of aryl methyl sites for hydroxylation is 1. The number of rotatable bonds is 6. The van der Waals surface area contributed by atoms with Gasteiger partial charge in [0.25, 0.3) is 5.92 Å². The highest BCUT2D eigenvalue weighted by molar-refractivity contribution is 8.26. The molecule has 12 heteroatoms. The summed E-state index contributed by atoms with van der Waals surface area (Å²) in [5, 5.41) is 0. The molecular formula is C25H35Cl2F2N5O2S. The smallest absolute Gasteiger partial charge is 0.253 e. The summed E-state index contributed by atoms with van der Waals surface area (Å²) in [7, 11) is -1.78. The van der Waals surface area contributed by atoms with E-state index in [4.69, 9.17) is 4.98 Å². The van der Waals surface area contributed by atoms with E-state index in [1.807, 2.05) is 19.1 Å². The number of hydrogen-bond acceptors (Lipinski definition) is 7. The summed E-state index contributed by atoms with van der Waals surface area (Å²) in [4.78, 5) is 9.90. The maximum absolute atomic E-state index is 13.6. The Labute approximate surface area is 231 Å². The van der Waals surface area contributed by atoms with Gasteiger partial charge in [-0.05, 0) is 60.4 Å². The van der Waals surface area contributed by atoms with Gasteiger partial charge in [-0.25, -0.2) is 13.8 Å². The SMILES string of the molecule is Cc1ccc(N2CCN(CC3CC3)CC2)nc1-c1ccc2c(c1)N(C)S(O)(O)N2CC1CC1(F)F.Cl.Cl. The molecule has 0 bridgehead atoms. The lowest BCUT2D eigenvalue weighted by Gasteiger charge is -2.42. The number of piperazine rings is 1. The van der Waals surface area contributed by atoms with Crippen LogP contribution in [-0.4, -0.2) is 71.2 Å². The molecule has 3 fully saturated rings. The second-order valence-corrected chi connectivity index (χ2v) is 12.4. The molecule has 6 rings (SSSR count). The highest BCUT2D eigenvalue weighted by Gasteiger charge is 2.59. The molecule has 2 saturated carbocycles. The summed E-state index contributed by atoms with van der Waals surface area (Å²) in [6.45, 7) is 7.18. The van der Waals surface area contributed by atoms with Crippen LogP contribution in [-0.2, 0) is 0 Å². The average Bonchev–Trinajstić information content (AvgIpc) is 3.74. The van der Waals surface area contributed by atoms with Crippen molar-refractivity contribution in [2.45, 2.75) is 32.1 Å². The zero-order chi connectivity index (χ0) is 24.5. The Balaban J connectivity index is 0.00000160. The molecular weight excluding hydrogens is 543 g/mol. The molecule has 1 aromatic heterocycles. The number of fused-ring (bicyclic) bond motifs is 1. The molecule has 0 radical (unpaired) electrons. The minimum absolute atomic E-state index is 0. The van der Waals surface area contributed by atoms with E-state index in [0.29, 0.717) is 11.4 Å². The molecule has 1 aromatic carbocycles. The third kappa shape index (κ3) is 5.33. The molecule has 2 N–H and O–H groups in total. The zero-order valence-corrected chi connectivity index (χ0v) is 23.5. The molecule has 37 heavy (non-hydrogen) atoms. The zero-order valence-electron chi connectivity index (χ0n) is 21.0. The van der Waals surface area contributed by atoms with Crippen LogP contribution in [0.1, 0.15) is 24.8 Å². The minimum atomic E-state index is -3.37. The van der Waals surface area contributed by atoms with Crippen molar-refractivity contribution in [3.05, 3.63) is 35.9 Å². The molecule has 4 aliphatic rings. The van der Waals surface area contributed by atoms with Crippen molar-refractivity contribution in [2.24, 2.45) is 11.8 Å². The van der Waals surface area contributed by atoms with Crippen molar-refractivity contribution in [2.75, 3.05) is 59.8 Å². The molecule has 7 nitrogen and oxygen atoms in total. The maximum atomic E-state index is 13.6. The van der Waals surface area contributed by atoms with Crippen LogP contribution in [0.3, 0.4) is 0 Å². The summed E-state index contributed by atoms with van der Waals surface area (Å²) in [6.07, 6.45) is 2.54. The lowest BCUT2D eigenvalue weighted by molar-refractivity contribution is 0.101. The van der Waals surface area contributed by atoms with Crippen LogP contribution >= 0.6 is 35.8 Å². The van der Waals surface area contributed by atoms with Crippen molar-refractivity contribution in [3.8, 4) is 11.3 Å². The van der Waals surface area contributed by atoms with Gasteiger partial charge in [0.05, 0.1) is 17.1 Å². The molecule has 0 spiro atoms. The highest BCUT2D eigenvalue weighted by atomic mass is 35.5. The number of nitrogens with zero attached hydrogens (tertiary/aromatic N) is 5. The Morgan fingerprint density at radius 3 is 2.30 bits per heavy atom. The van der Waals surface area contributed by atoms with E-state index in [9.17, 15) is 17.9 Å². The number of halogens is 4. The predicted octanol–water partition coefficient (Wildman–Crippen LogP) is 5.92. The third-order valence-electron chi connectivity index (χ3n) is 7.85. The number of anilines is 3. The lowest BCUT2D eigenvalue weighted by atomic mass is 10.0. The van der Waals surface area contributed by atoms with E-state index in [2.05, 4.69) is 21.9 Å². The summed E-state index contributed by atoms with van der Waals surface area (Å²) >= 11 is 0. The number of benzene rings is 1. The van der Waals surface area contributed by atoms with E-state index in [1.165, 1.54) is 28.0 Å². The highest BCUT2D eigenvalue weighted by Crippen LogP contribution is 2.63. The standard InChI is InChI=1S/C25H33F2N5O2S.2ClH/c1-17-3-8-23(31-11-9-30(10-12-31)15-18-4-5-18)28-24(17)19-6-7-21-22(13-19)29(2)35(33,34)32(21)16-20-14-25(20,26)27;;/h3,6-8,13,18,20,33-34H,4-5,9-12,14-16H2,1-2H3;2*1H. The number of alkyl halides is 2. The van der Waals surface area contributed by atoms with E-state index in [1.54, 1.807) is 13.1 Å². The molecule has 3 heterocycles. The fraction of sp³-hybridized carbons (Fsp3) is 0.560. The first-order valence-electron chi connectivity index (χ1n) is 12.4. The molecule has 1 saturated heterocycles. The van der Waals surface area contributed by atoms with Crippen molar-refractivity contribution < 1.29 is 17.9 Å². The Morgan fingerprint density at radius 1 is 1.00 bits per heavy atom.